The number of benzene rings is 1. The minimum absolute atomic E-state index is 0.0564. The molecule has 0 bridgehead atoms. The SMILES string of the molecule is Cc1occc1C(=O)NNC(=O)[C@@H]1CC(=O)N(c2ccc3c(c2)OCCO3)C1. The first kappa shape index (κ1) is 17.9. The van der Waals surface area contributed by atoms with Crippen LogP contribution in [0.1, 0.15) is 22.5 Å². The fourth-order valence-corrected chi connectivity index (χ4v) is 3.24. The minimum atomic E-state index is -0.577. The summed E-state index contributed by atoms with van der Waals surface area (Å²) < 4.78 is 16.1. The molecule has 146 valence electrons. The third kappa shape index (κ3) is 3.38. The molecule has 9 nitrogen and oxygen atoms in total. The Morgan fingerprint density at radius 2 is 1.89 bits per heavy atom. The molecule has 1 fully saturated rings. The van der Waals surface area contributed by atoms with Crippen molar-refractivity contribution in [2.75, 3.05) is 24.7 Å². The van der Waals surface area contributed by atoms with Crippen molar-refractivity contribution in [1.29, 1.82) is 0 Å². The van der Waals surface area contributed by atoms with Gasteiger partial charge in [0.25, 0.3) is 5.91 Å². The lowest BCUT2D eigenvalue weighted by molar-refractivity contribution is -0.126. The van der Waals surface area contributed by atoms with Gasteiger partial charge in [-0.2, -0.15) is 0 Å². The Labute approximate surface area is 160 Å². The number of hydrogen-bond donors (Lipinski definition) is 2. The lowest BCUT2D eigenvalue weighted by Crippen LogP contribution is -2.45. The molecule has 1 saturated heterocycles. The molecule has 1 aromatic heterocycles. The summed E-state index contributed by atoms with van der Waals surface area (Å²) in [5, 5.41) is 0. The van der Waals surface area contributed by atoms with Crippen molar-refractivity contribution < 1.29 is 28.3 Å². The third-order valence-corrected chi connectivity index (χ3v) is 4.74. The highest BCUT2D eigenvalue weighted by molar-refractivity contribution is 6.01. The number of carbonyl (C=O) groups excluding carboxylic acids is 3. The normalized spacial score (nSPS) is 18.1. The molecule has 2 N–H and O–H groups in total. The Hall–Kier alpha value is -3.49. The van der Waals surface area contributed by atoms with Crippen LogP contribution < -0.4 is 25.2 Å². The number of fused-ring (bicyclic) bond motifs is 1. The second-order valence-corrected chi connectivity index (χ2v) is 6.57. The summed E-state index contributed by atoms with van der Waals surface area (Å²) in [6.07, 6.45) is 1.45. The molecule has 2 aliphatic heterocycles. The van der Waals surface area contributed by atoms with Gasteiger partial charge in [0.2, 0.25) is 11.8 Å². The van der Waals surface area contributed by atoms with E-state index in [9.17, 15) is 14.4 Å². The Bertz CT molecular complexity index is 938. The Morgan fingerprint density at radius 1 is 1.11 bits per heavy atom. The number of amides is 3. The predicted octanol–water partition coefficient (Wildman–Crippen LogP) is 1.17. The van der Waals surface area contributed by atoms with Gasteiger partial charge in [0.15, 0.2) is 11.5 Å². The molecule has 2 aromatic rings. The Kier molecular flexibility index (Phi) is 4.64. The molecule has 0 spiro atoms. The maximum absolute atomic E-state index is 12.4. The summed E-state index contributed by atoms with van der Waals surface area (Å²) in [6.45, 7) is 2.80. The third-order valence-electron chi connectivity index (χ3n) is 4.74. The fourth-order valence-electron chi connectivity index (χ4n) is 3.24. The fraction of sp³-hybridized carbons (Fsp3) is 0.316. The molecule has 0 unspecified atom stereocenters. The van der Waals surface area contributed by atoms with Crippen LogP contribution in [0.5, 0.6) is 11.5 Å². The number of hydrogen-bond acceptors (Lipinski definition) is 6. The van der Waals surface area contributed by atoms with Crippen molar-refractivity contribution in [3.63, 3.8) is 0 Å². The van der Waals surface area contributed by atoms with Gasteiger partial charge in [-0.25, -0.2) is 0 Å². The summed E-state index contributed by atoms with van der Waals surface area (Å²) in [5.74, 6) is 0.00347. The van der Waals surface area contributed by atoms with Crippen molar-refractivity contribution in [2.24, 2.45) is 5.92 Å². The Morgan fingerprint density at radius 3 is 2.64 bits per heavy atom. The number of carbonyl (C=O) groups is 3. The van der Waals surface area contributed by atoms with Gasteiger partial charge in [0.05, 0.1) is 17.7 Å². The molecule has 1 aromatic carbocycles. The van der Waals surface area contributed by atoms with Crippen LogP contribution in [0.25, 0.3) is 0 Å². The van der Waals surface area contributed by atoms with Gasteiger partial charge in [-0.3, -0.25) is 25.2 Å². The van der Waals surface area contributed by atoms with E-state index in [0.29, 0.717) is 41.7 Å². The molecule has 0 saturated carbocycles. The standard InChI is InChI=1S/C19H19N3O6/c1-11-14(4-5-26-11)19(25)21-20-18(24)12-8-17(23)22(10-12)13-2-3-15-16(9-13)28-7-6-27-15/h2-5,9,12H,6-8,10H2,1H3,(H,20,24)(H,21,25)/t12-/m1/s1. The van der Waals surface area contributed by atoms with Gasteiger partial charge in [-0.1, -0.05) is 0 Å². The molecule has 0 aliphatic carbocycles. The smallest absolute Gasteiger partial charge is 0.273 e. The van der Waals surface area contributed by atoms with Crippen LogP contribution in [0.15, 0.2) is 34.9 Å². The predicted molar refractivity (Wildman–Crippen MR) is 96.9 cm³/mol. The average molecular weight is 385 g/mol. The van der Waals surface area contributed by atoms with Crippen LogP contribution in [0.4, 0.5) is 5.69 Å². The first-order valence-corrected chi connectivity index (χ1v) is 8.87. The van der Waals surface area contributed by atoms with E-state index in [1.807, 2.05) is 0 Å². The summed E-state index contributed by atoms with van der Waals surface area (Å²) in [4.78, 5) is 38.4. The lowest BCUT2D eigenvalue weighted by Gasteiger charge is -2.22. The first-order chi connectivity index (χ1) is 13.5. The second kappa shape index (κ2) is 7.26. The minimum Gasteiger partial charge on any atom is -0.486 e. The van der Waals surface area contributed by atoms with Crippen LogP contribution in [-0.4, -0.2) is 37.5 Å². The number of hydrazine groups is 1. The van der Waals surface area contributed by atoms with Crippen LogP contribution in [0.3, 0.4) is 0 Å². The monoisotopic (exact) mass is 385 g/mol. The van der Waals surface area contributed by atoms with Crippen molar-refractivity contribution in [2.45, 2.75) is 13.3 Å². The number of nitrogens with one attached hydrogen (secondary N) is 2. The number of aryl methyl sites for hydroxylation is 1. The molecule has 9 heteroatoms. The summed E-state index contributed by atoms with van der Waals surface area (Å²) >= 11 is 0. The van der Waals surface area contributed by atoms with E-state index < -0.39 is 17.7 Å². The zero-order valence-electron chi connectivity index (χ0n) is 15.2. The van der Waals surface area contributed by atoms with Crippen molar-refractivity contribution >= 4 is 23.4 Å². The zero-order chi connectivity index (χ0) is 19.7. The molecular weight excluding hydrogens is 366 g/mol. The molecule has 3 amide bonds. The van der Waals surface area contributed by atoms with Gasteiger partial charge in [0.1, 0.15) is 19.0 Å². The maximum atomic E-state index is 12.4. The van der Waals surface area contributed by atoms with E-state index in [2.05, 4.69) is 10.9 Å². The van der Waals surface area contributed by atoms with E-state index in [4.69, 9.17) is 13.9 Å². The average Bonchev–Trinajstić information content (AvgIpc) is 3.31. The molecule has 3 heterocycles. The first-order valence-electron chi connectivity index (χ1n) is 8.87. The van der Waals surface area contributed by atoms with E-state index in [1.165, 1.54) is 17.2 Å². The van der Waals surface area contributed by atoms with Crippen molar-refractivity contribution in [3.05, 3.63) is 41.9 Å². The highest BCUT2D eigenvalue weighted by Gasteiger charge is 2.36. The van der Waals surface area contributed by atoms with Crippen molar-refractivity contribution in [3.8, 4) is 11.5 Å². The zero-order valence-corrected chi connectivity index (χ0v) is 15.2. The Balaban J connectivity index is 1.38. The van der Waals surface area contributed by atoms with E-state index in [-0.39, 0.29) is 18.9 Å². The molecule has 28 heavy (non-hydrogen) atoms. The summed E-state index contributed by atoms with van der Waals surface area (Å²) in [5.41, 5.74) is 5.70. The van der Waals surface area contributed by atoms with Gasteiger partial charge in [-0.05, 0) is 25.1 Å². The highest BCUT2D eigenvalue weighted by atomic mass is 16.6. The molecule has 2 aliphatic rings. The molecule has 1 atom stereocenters. The number of rotatable bonds is 3. The van der Waals surface area contributed by atoms with Gasteiger partial charge >= 0.3 is 0 Å². The van der Waals surface area contributed by atoms with Crippen LogP contribution in [0.2, 0.25) is 0 Å². The second-order valence-electron chi connectivity index (χ2n) is 6.57. The number of furan rings is 1. The number of nitrogens with zero attached hydrogens (tertiary/aromatic N) is 1. The van der Waals surface area contributed by atoms with Gasteiger partial charge in [0, 0.05) is 24.7 Å². The van der Waals surface area contributed by atoms with E-state index >= 15 is 0 Å². The maximum Gasteiger partial charge on any atom is 0.273 e. The van der Waals surface area contributed by atoms with Crippen molar-refractivity contribution in [1.82, 2.24) is 10.9 Å². The van der Waals surface area contributed by atoms with Crippen LogP contribution in [0, 0.1) is 12.8 Å². The summed E-state index contributed by atoms with van der Waals surface area (Å²) in [6, 6.07) is 6.75. The van der Waals surface area contributed by atoms with E-state index in [1.54, 1.807) is 25.1 Å². The van der Waals surface area contributed by atoms with E-state index in [0.717, 1.165) is 0 Å². The van der Waals surface area contributed by atoms with Crippen LogP contribution in [-0.2, 0) is 9.59 Å². The lowest BCUT2D eigenvalue weighted by atomic mass is 10.1. The molecular formula is C19H19N3O6. The highest BCUT2D eigenvalue weighted by Crippen LogP contribution is 2.35. The molecule has 4 rings (SSSR count). The summed E-state index contributed by atoms with van der Waals surface area (Å²) in [7, 11) is 0. The number of ether oxygens (including phenoxy) is 2. The van der Waals surface area contributed by atoms with Gasteiger partial charge < -0.3 is 18.8 Å². The number of anilines is 1. The quantitative estimate of drug-likeness (QED) is 0.768. The molecule has 0 radical (unpaired) electrons. The van der Waals surface area contributed by atoms with Crippen LogP contribution >= 0.6 is 0 Å². The van der Waals surface area contributed by atoms with Gasteiger partial charge in [-0.15, -0.1) is 0 Å². The topological polar surface area (TPSA) is 110 Å². The largest absolute Gasteiger partial charge is 0.486 e.